The summed E-state index contributed by atoms with van der Waals surface area (Å²) in [5.41, 5.74) is -1.50. The van der Waals surface area contributed by atoms with Crippen LogP contribution in [0.1, 0.15) is 19.3 Å². The van der Waals surface area contributed by atoms with E-state index in [1.165, 1.54) is 0 Å². The number of rotatable bonds is 3. The van der Waals surface area contributed by atoms with Gasteiger partial charge in [-0.1, -0.05) is 0 Å². The third kappa shape index (κ3) is 1.40. The molecular formula is C7H9F3O2. The summed E-state index contributed by atoms with van der Waals surface area (Å²) in [6.45, 7) is -0.859. The highest BCUT2D eigenvalue weighted by molar-refractivity contribution is 5.76. The Balaban J connectivity index is 2.62. The lowest BCUT2D eigenvalue weighted by Gasteiger charge is -2.43. The summed E-state index contributed by atoms with van der Waals surface area (Å²) in [7, 11) is 0. The molecule has 1 aliphatic carbocycles. The van der Waals surface area contributed by atoms with E-state index in [0.717, 1.165) is 0 Å². The van der Waals surface area contributed by atoms with Crippen LogP contribution >= 0.6 is 0 Å². The summed E-state index contributed by atoms with van der Waals surface area (Å²) >= 11 is 0. The van der Waals surface area contributed by atoms with Gasteiger partial charge in [0.1, 0.15) is 0 Å². The maximum atomic E-state index is 12.3. The molecule has 70 valence electrons. The number of alkyl halides is 3. The summed E-state index contributed by atoms with van der Waals surface area (Å²) in [5.74, 6) is -4.22. The highest BCUT2D eigenvalue weighted by atomic mass is 19.3. The van der Waals surface area contributed by atoms with Crippen molar-refractivity contribution in [1.29, 1.82) is 0 Å². The van der Waals surface area contributed by atoms with Gasteiger partial charge in [-0.05, 0) is 6.42 Å². The molecule has 0 aliphatic heterocycles. The normalized spacial score (nSPS) is 24.6. The molecule has 1 saturated carbocycles. The predicted molar refractivity (Wildman–Crippen MR) is 34.8 cm³/mol. The molecule has 0 aromatic carbocycles. The largest absolute Gasteiger partial charge is 0.481 e. The molecule has 5 heteroatoms. The molecule has 1 fully saturated rings. The standard InChI is InChI=1S/C7H9F3O2/c8-2-1-6(5(11)12)3-7(9,10)4-6/h1-4H2,(H,11,12). The zero-order chi connectivity index (χ0) is 9.41. The molecule has 2 nitrogen and oxygen atoms in total. The molecule has 0 unspecified atom stereocenters. The van der Waals surface area contributed by atoms with E-state index in [1.807, 2.05) is 0 Å². The number of halogens is 3. The molecular weight excluding hydrogens is 173 g/mol. The van der Waals surface area contributed by atoms with Gasteiger partial charge in [-0.2, -0.15) is 0 Å². The lowest BCUT2D eigenvalue weighted by Crippen LogP contribution is -2.51. The van der Waals surface area contributed by atoms with Gasteiger partial charge >= 0.3 is 5.97 Å². The van der Waals surface area contributed by atoms with Gasteiger partial charge in [-0.15, -0.1) is 0 Å². The molecule has 0 aromatic rings. The molecule has 12 heavy (non-hydrogen) atoms. The number of carboxylic acids is 1. The molecule has 0 atom stereocenters. The van der Waals surface area contributed by atoms with Crippen molar-refractivity contribution in [2.45, 2.75) is 25.2 Å². The lowest BCUT2D eigenvalue weighted by molar-refractivity contribution is -0.195. The van der Waals surface area contributed by atoms with Crippen LogP contribution < -0.4 is 0 Å². The van der Waals surface area contributed by atoms with Gasteiger partial charge < -0.3 is 5.11 Å². The zero-order valence-electron chi connectivity index (χ0n) is 6.32. The summed E-state index contributed by atoms with van der Waals surface area (Å²) in [4.78, 5) is 10.5. The van der Waals surface area contributed by atoms with Crippen molar-refractivity contribution in [3.8, 4) is 0 Å². The molecule has 0 heterocycles. The van der Waals surface area contributed by atoms with Crippen molar-refractivity contribution in [3.05, 3.63) is 0 Å². The van der Waals surface area contributed by atoms with Crippen molar-refractivity contribution in [3.63, 3.8) is 0 Å². The average molecular weight is 182 g/mol. The predicted octanol–water partition coefficient (Wildman–Crippen LogP) is 1.85. The van der Waals surface area contributed by atoms with Crippen LogP contribution in [0.15, 0.2) is 0 Å². The van der Waals surface area contributed by atoms with Crippen molar-refractivity contribution >= 4 is 5.97 Å². The Morgan fingerprint density at radius 1 is 1.42 bits per heavy atom. The molecule has 0 aromatic heterocycles. The molecule has 0 radical (unpaired) electrons. The average Bonchev–Trinajstić information content (AvgIpc) is 1.83. The number of carbonyl (C=O) groups is 1. The highest BCUT2D eigenvalue weighted by Gasteiger charge is 2.60. The van der Waals surface area contributed by atoms with Crippen LogP contribution in [0.5, 0.6) is 0 Å². The second-order valence-corrected chi connectivity index (χ2v) is 3.23. The van der Waals surface area contributed by atoms with Gasteiger partial charge in [0.2, 0.25) is 5.92 Å². The second kappa shape index (κ2) is 2.64. The van der Waals surface area contributed by atoms with Gasteiger partial charge in [0.05, 0.1) is 12.1 Å². The van der Waals surface area contributed by atoms with Crippen LogP contribution in [0.25, 0.3) is 0 Å². The Morgan fingerprint density at radius 3 is 2.17 bits per heavy atom. The van der Waals surface area contributed by atoms with Crippen molar-refractivity contribution < 1.29 is 23.1 Å². The molecule has 0 saturated heterocycles. The van der Waals surface area contributed by atoms with E-state index in [-0.39, 0.29) is 6.42 Å². The topological polar surface area (TPSA) is 37.3 Å². The van der Waals surface area contributed by atoms with E-state index in [9.17, 15) is 18.0 Å². The Kier molecular flexibility index (Phi) is 2.06. The SMILES string of the molecule is O=C(O)C1(CCF)CC(F)(F)C1. The first-order valence-corrected chi connectivity index (χ1v) is 3.59. The number of carboxylic acid groups (broad SMARTS) is 1. The Hall–Kier alpha value is -0.740. The Bertz CT molecular complexity index is 195. The highest BCUT2D eigenvalue weighted by Crippen LogP contribution is 2.54. The first-order valence-electron chi connectivity index (χ1n) is 3.59. The van der Waals surface area contributed by atoms with Gasteiger partial charge in [0.25, 0.3) is 0 Å². The van der Waals surface area contributed by atoms with Crippen molar-refractivity contribution in [2.75, 3.05) is 6.67 Å². The first-order chi connectivity index (χ1) is 5.42. The summed E-state index contributed by atoms with van der Waals surface area (Å²) in [5, 5.41) is 8.55. The monoisotopic (exact) mass is 182 g/mol. The van der Waals surface area contributed by atoms with Crippen LogP contribution in [0, 0.1) is 5.41 Å². The third-order valence-electron chi connectivity index (χ3n) is 2.22. The molecule has 0 amide bonds. The maximum Gasteiger partial charge on any atom is 0.310 e. The lowest BCUT2D eigenvalue weighted by atomic mass is 9.64. The number of hydrogen-bond acceptors (Lipinski definition) is 1. The Morgan fingerprint density at radius 2 is 1.92 bits per heavy atom. The fraction of sp³-hybridized carbons (Fsp3) is 0.857. The quantitative estimate of drug-likeness (QED) is 0.723. The summed E-state index contributed by atoms with van der Waals surface area (Å²) < 4.78 is 36.5. The van der Waals surface area contributed by atoms with E-state index >= 15 is 0 Å². The van der Waals surface area contributed by atoms with Crippen LogP contribution in [0.3, 0.4) is 0 Å². The molecule has 0 spiro atoms. The minimum absolute atomic E-state index is 0.308. The van der Waals surface area contributed by atoms with Crippen LogP contribution in [0.2, 0.25) is 0 Å². The smallest absolute Gasteiger partial charge is 0.310 e. The summed E-state index contributed by atoms with van der Waals surface area (Å²) in [6, 6.07) is 0. The maximum absolute atomic E-state index is 12.3. The van der Waals surface area contributed by atoms with Crippen molar-refractivity contribution in [2.24, 2.45) is 5.41 Å². The van der Waals surface area contributed by atoms with E-state index < -0.39 is 36.8 Å². The third-order valence-corrected chi connectivity index (χ3v) is 2.22. The van der Waals surface area contributed by atoms with Crippen LogP contribution in [-0.2, 0) is 4.79 Å². The van der Waals surface area contributed by atoms with Gasteiger partial charge in [-0.3, -0.25) is 9.18 Å². The van der Waals surface area contributed by atoms with E-state index in [4.69, 9.17) is 5.11 Å². The van der Waals surface area contributed by atoms with Gasteiger partial charge in [-0.25, -0.2) is 8.78 Å². The minimum Gasteiger partial charge on any atom is -0.481 e. The van der Waals surface area contributed by atoms with Crippen molar-refractivity contribution in [1.82, 2.24) is 0 Å². The number of hydrogen-bond donors (Lipinski definition) is 1. The number of aliphatic carboxylic acids is 1. The van der Waals surface area contributed by atoms with Crippen LogP contribution in [0.4, 0.5) is 13.2 Å². The first kappa shape index (κ1) is 9.35. The van der Waals surface area contributed by atoms with E-state index in [2.05, 4.69) is 0 Å². The molecule has 1 N–H and O–H groups in total. The van der Waals surface area contributed by atoms with Gasteiger partial charge in [0.15, 0.2) is 0 Å². The molecule has 0 bridgehead atoms. The van der Waals surface area contributed by atoms with Gasteiger partial charge in [0, 0.05) is 12.8 Å². The van der Waals surface area contributed by atoms with E-state index in [0.29, 0.717) is 0 Å². The Labute approximate surface area is 67.4 Å². The second-order valence-electron chi connectivity index (χ2n) is 3.23. The minimum atomic E-state index is -2.91. The van der Waals surface area contributed by atoms with Crippen LogP contribution in [-0.4, -0.2) is 23.7 Å². The van der Waals surface area contributed by atoms with E-state index in [1.54, 1.807) is 0 Å². The zero-order valence-corrected chi connectivity index (χ0v) is 6.32. The fourth-order valence-corrected chi connectivity index (χ4v) is 1.55. The fourth-order valence-electron chi connectivity index (χ4n) is 1.55. The summed E-state index contributed by atoms with van der Waals surface area (Å²) in [6.07, 6.45) is -1.75. The molecule has 1 aliphatic rings. The molecule has 1 rings (SSSR count).